The summed E-state index contributed by atoms with van der Waals surface area (Å²) in [6.45, 7) is 3.91. The lowest BCUT2D eigenvalue weighted by molar-refractivity contribution is 0.596. The van der Waals surface area contributed by atoms with Crippen LogP contribution in [0.4, 0.5) is 5.69 Å². The van der Waals surface area contributed by atoms with Crippen LogP contribution in [0.5, 0.6) is 0 Å². The van der Waals surface area contributed by atoms with Crippen molar-refractivity contribution in [1.29, 1.82) is 0 Å². The van der Waals surface area contributed by atoms with Gasteiger partial charge in [0.15, 0.2) is 0 Å². The Balaban J connectivity index is 2.48. The maximum atomic E-state index is 3.25. The molecule has 13 heavy (non-hydrogen) atoms. The van der Waals surface area contributed by atoms with Crippen LogP contribution in [-0.4, -0.2) is 13.6 Å². The lowest BCUT2D eigenvalue weighted by Gasteiger charge is -2.05. The fourth-order valence-corrected chi connectivity index (χ4v) is 1.14. The molecule has 0 aromatic heterocycles. The van der Waals surface area contributed by atoms with Crippen molar-refractivity contribution in [2.45, 2.75) is 13.5 Å². The van der Waals surface area contributed by atoms with Crippen molar-refractivity contribution in [3.05, 3.63) is 29.8 Å². The topological polar surface area (TPSA) is 36.1 Å². The molecule has 0 aliphatic carbocycles. The van der Waals surface area contributed by atoms with E-state index in [0.717, 1.165) is 13.1 Å². The predicted octanol–water partition coefficient (Wildman–Crippen LogP) is 1.34. The second kappa shape index (κ2) is 5.56. The Bertz CT molecular complexity index is 230. The first-order chi connectivity index (χ1) is 6.36. The van der Waals surface area contributed by atoms with E-state index in [1.54, 1.807) is 0 Å². The van der Waals surface area contributed by atoms with E-state index in [4.69, 9.17) is 0 Å². The van der Waals surface area contributed by atoms with Crippen LogP contribution in [0, 0.1) is 0 Å². The Hall–Kier alpha value is -1.06. The highest BCUT2D eigenvalue weighted by Crippen LogP contribution is 2.08. The number of hydrogen-bond donors (Lipinski definition) is 3. The van der Waals surface area contributed by atoms with Crippen molar-refractivity contribution < 1.29 is 0 Å². The Morgan fingerprint density at radius 3 is 2.38 bits per heavy atom. The van der Waals surface area contributed by atoms with E-state index in [1.165, 1.54) is 11.3 Å². The highest BCUT2D eigenvalue weighted by molar-refractivity contribution is 5.44. The molecule has 0 aliphatic heterocycles. The van der Waals surface area contributed by atoms with Gasteiger partial charge in [0.05, 0.1) is 0 Å². The number of anilines is 1. The van der Waals surface area contributed by atoms with Gasteiger partial charge >= 0.3 is 0 Å². The van der Waals surface area contributed by atoms with Gasteiger partial charge in [0.25, 0.3) is 0 Å². The van der Waals surface area contributed by atoms with Crippen LogP contribution >= 0.6 is 0 Å². The third-order valence-corrected chi connectivity index (χ3v) is 1.80. The summed E-state index contributed by atoms with van der Waals surface area (Å²) in [5.74, 6) is 0. The molecule has 1 aromatic rings. The normalized spacial score (nSPS) is 10.0. The molecule has 0 unspecified atom stereocenters. The van der Waals surface area contributed by atoms with Crippen LogP contribution in [0.15, 0.2) is 24.3 Å². The van der Waals surface area contributed by atoms with Crippen molar-refractivity contribution >= 4 is 5.69 Å². The molecule has 0 amide bonds. The zero-order chi connectivity index (χ0) is 9.52. The lowest BCUT2D eigenvalue weighted by atomic mass is 10.2. The van der Waals surface area contributed by atoms with Gasteiger partial charge in [0, 0.05) is 18.8 Å². The summed E-state index contributed by atoms with van der Waals surface area (Å²) < 4.78 is 0. The zero-order valence-electron chi connectivity index (χ0n) is 8.22. The van der Waals surface area contributed by atoms with E-state index >= 15 is 0 Å². The summed E-state index contributed by atoms with van der Waals surface area (Å²) in [5, 5.41) is 3.25. The standard InChI is InChI=1S/C10H17N3/c1-3-12-10-6-4-9(5-7-10)8-13-11-2/h4-7,11-13H,3,8H2,1-2H3. The molecule has 0 spiro atoms. The maximum Gasteiger partial charge on any atom is 0.0351 e. The molecular formula is C10H17N3. The van der Waals surface area contributed by atoms with Gasteiger partial charge in [-0.2, -0.15) is 0 Å². The van der Waals surface area contributed by atoms with Gasteiger partial charge in [-0.1, -0.05) is 12.1 Å². The SMILES string of the molecule is CCNc1ccc(CNNC)cc1. The van der Waals surface area contributed by atoms with Crippen LogP contribution in [0.1, 0.15) is 12.5 Å². The first kappa shape index (κ1) is 10.0. The van der Waals surface area contributed by atoms with Gasteiger partial charge in [-0.25, -0.2) is 0 Å². The molecule has 0 saturated heterocycles. The molecule has 3 nitrogen and oxygen atoms in total. The number of nitrogens with one attached hydrogen (secondary N) is 3. The summed E-state index contributed by atoms with van der Waals surface area (Å²) in [7, 11) is 1.87. The summed E-state index contributed by atoms with van der Waals surface area (Å²) in [5.41, 5.74) is 8.39. The van der Waals surface area contributed by atoms with Gasteiger partial charge in [0.1, 0.15) is 0 Å². The van der Waals surface area contributed by atoms with Crippen LogP contribution in [0.2, 0.25) is 0 Å². The highest BCUT2D eigenvalue weighted by Gasteiger charge is 1.91. The molecule has 1 rings (SSSR count). The van der Waals surface area contributed by atoms with Crippen molar-refractivity contribution in [2.75, 3.05) is 18.9 Å². The van der Waals surface area contributed by atoms with E-state index in [9.17, 15) is 0 Å². The van der Waals surface area contributed by atoms with Gasteiger partial charge in [-0.3, -0.25) is 10.9 Å². The molecule has 0 heterocycles. The molecule has 0 radical (unpaired) electrons. The largest absolute Gasteiger partial charge is 0.385 e. The van der Waals surface area contributed by atoms with Crippen LogP contribution < -0.4 is 16.2 Å². The van der Waals surface area contributed by atoms with E-state index in [1.807, 2.05) is 7.05 Å². The average molecular weight is 179 g/mol. The minimum atomic E-state index is 0.850. The Labute approximate surface area is 79.5 Å². The molecule has 0 fully saturated rings. The van der Waals surface area contributed by atoms with E-state index < -0.39 is 0 Å². The van der Waals surface area contributed by atoms with E-state index in [0.29, 0.717) is 0 Å². The van der Waals surface area contributed by atoms with Crippen molar-refractivity contribution in [2.24, 2.45) is 0 Å². The third kappa shape index (κ3) is 3.44. The lowest BCUT2D eigenvalue weighted by Crippen LogP contribution is -2.26. The minimum Gasteiger partial charge on any atom is -0.385 e. The maximum absolute atomic E-state index is 3.25. The van der Waals surface area contributed by atoms with Crippen molar-refractivity contribution in [3.63, 3.8) is 0 Å². The smallest absolute Gasteiger partial charge is 0.0351 e. The average Bonchev–Trinajstić information content (AvgIpc) is 2.17. The zero-order valence-corrected chi connectivity index (χ0v) is 8.22. The summed E-state index contributed by atoms with van der Waals surface area (Å²) in [6.07, 6.45) is 0. The van der Waals surface area contributed by atoms with Crippen LogP contribution in [0.3, 0.4) is 0 Å². The molecule has 3 N–H and O–H groups in total. The molecule has 0 saturated carbocycles. The molecule has 72 valence electrons. The van der Waals surface area contributed by atoms with Gasteiger partial charge in [-0.05, 0) is 31.7 Å². The van der Waals surface area contributed by atoms with Crippen molar-refractivity contribution in [3.8, 4) is 0 Å². The first-order valence-electron chi connectivity index (χ1n) is 4.59. The fraction of sp³-hybridized carbons (Fsp3) is 0.400. The Morgan fingerprint density at radius 2 is 1.85 bits per heavy atom. The fourth-order valence-electron chi connectivity index (χ4n) is 1.14. The predicted molar refractivity (Wildman–Crippen MR) is 56.5 cm³/mol. The molecule has 0 bridgehead atoms. The molecular weight excluding hydrogens is 162 g/mol. The Kier molecular flexibility index (Phi) is 4.29. The van der Waals surface area contributed by atoms with Crippen LogP contribution in [0.25, 0.3) is 0 Å². The summed E-state index contributed by atoms with van der Waals surface area (Å²) in [4.78, 5) is 0. The van der Waals surface area contributed by atoms with E-state index in [-0.39, 0.29) is 0 Å². The first-order valence-corrected chi connectivity index (χ1v) is 4.59. The Morgan fingerprint density at radius 1 is 1.15 bits per heavy atom. The molecule has 3 heteroatoms. The number of rotatable bonds is 5. The molecule has 1 aromatic carbocycles. The number of hydrogen-bond acceptors (Lipinski definition) is 3. The van der Waals surface area contributed by atoms with E-state index in [2.05, 4.69) is 47.4 Å². The minimum absolute atomic E-state index is 0.850. The van der Waals surface area contributed by atoms with Gasteiger partial charge in [-0.15, -0.1) is 0 Å². The molecule has 0 aliphatic rings. The summed E-state index contributed by atoms with van der Waals surface area (Å²) >= 11 is 0. The third-order valence-electron chi connectivity index (χ3n) is 1.80. The quantitative estimate of drug-likeness (QED) is 0.597. The second-order valence-corrected chi connectivity index (χ2v) is 2.83. The number of benzene rings is 1. The van der Waals surface area contributed by atoms with Crippen LogP contribution in [-0.2, 0) is 6.54 Å². The van der Waals surface area contributed by atoms with Gasteiger partial charge < -0.3 is 5.32 Å². The number of hydrazine groups is 1. The van der Waals surface area contributed by atoms with Crippen molar-refractivity contribution in [1.82, 2.24) is 10.9 Å². The molecule has 0 atom stereocenters. The van der Waals surface area contributed by atoms with Gasteiger partial charge in [0.2, 0.25) is 0 Å². The summed E-state index contributed by atoms with van der Waals surface area (Å²) in [6, 6.07) is 8.41. The monoisotopic (exact) mass is 179 g/mol. The highest BCUT2D eigenvalue weighted by atomic mass is 15.3. The second-order valence-electron chi connectivity index (χ2n) is 2.83.